The molecule has 0 saturated heterocycles. The van der Waals surface area contributed by atoms with Gasteiger partial charge >= 0.3 is 7.60 Å². The van der Waals surface area contributed by atoms with Crippen molar-refractivity contribution >= 4 is 30.6 Å². The van der Waals surface area contributed by atoms with Crippen molar-refractivity contribution in [3.05, 3.63) is 91.0 Å². The maximum absolute atomic E-state index is 14.2. The second kappa shape index (κ2) is 11.0. The van der Waals surface area contributed by atoms with Gasteiger partial charge in [-0.3, -0.25) is 0 Å². The van der Waals surface area contributed by atoms with Gasteiger partial charge in [0.2, 0.25) is 0 Å². The molecule has 0 radical (unpaired) electrons. The average Bonchev–Trinajstić information content (AvgIpc) is 2.75. The molecular weight excluding hydrogens is 427 g/mol. The predicted octanol–water partition coefficient (Wildman–Crippen LogP) is 6.70. The van der Waals surface area contributed by atoms with E-state index in [9.17, 15) is 4.57 Å². The summed E-state index contributed by atoms with van der Waals surface area (Å²) in [5, 5.41) is 6.67. The van der Waals surface area contributed by atoms with Crippen LogP contribution in [0.1, 0.15) is 20.3 Å². The van der Waals surface area contributed by atoms with E-state index in [1.165, 1.54) is 0 Å². The van der Waals surface area contributed by atoms with Crippen LogP contribution in [0, 0.1) is 5.92 Å². The van der Waals surface area contributed by atoms with Crippen molar-refractivity contribution in [1.29, 1.82) is 0 Å². The lowest BCUT2D eigenvalue weighted by Gasteiger charge is -2.30. The van der Waals surface area contributed by atoms with E-state index in [0.29, 0.717) is 23.0 Å². The Kier molecular flexibility index (Phi) is 8.10. The van der Waals surface area contributed by atoms with Gasteiger partial charge in [0.05, 0.1) is 0 Å². The lowest BCUT2D eigenvalue weighted by Crippen LogP contribution is -2.40. The Hall–Kier alpha value is -2.82. The van der Waals surface area contributed by atoms with E-state index in [1.807, 2.05) is 66.7 Å². The number of hydrogen-bond acceptors (Lipinski definition) is 4. The molecule has 162 valence electrons. The van der Waals surface area contributed by atoms with E-state index >= 15 is 0 Å². The van der Waals surface area contributed by atoms with Gasteiger partial charge in [0.15, 0.2) is 10.9 Å². The van der Waals surface area contributed by atoms with Crippen molar-refractivity contribution in [2.45, 2.75) is 26.1 Å². The van der Waals surface area contributed by atoms with Crippen molar-refractivity contribution in [1.82, 2.24) is 5.32 Å². The first-order valence-electron chi connectivity index (χ1n) is 10.2. The fourth-order valence-corrected chi connectivity index (χ4v) is 5.39. The number of para-hydroxylation sites is 3. The molecule has 1 atom stereocenters. The highest BCUT2D eigenvalue weighted by Gasteiger charge is 2.40. The molecule has 7 heteroatoms. The lowest BCUT2D eigenvalue weighted by atomic mass is 10.1. The maximum Gasteiger partial charge on any atom is 0.452 e. The third kappa shape index (κ3) is 7.12. The molecule has 31 heavy (non-hydrogen) atoms. The Morgan fingerprint density at radius 1 is 0.839 bits per heavy atom. The largest absolute Gasteiger partial charge is 0.452 e. The molecule has 0 saturated carbocycles. The number of hydrogen-bond donors (Lipinski definition) is 2. The molecule has 3 rings (SSSR count). The SMILES string of the molecule is CC(C)CC(NC(=S)Nc1ccccc1)P(=O)(Oc1ccccc1)Oc1ccccc1. The lowest BCUT2D eigenvalue weighted by molar-refractivity contribution is 0.355. The quantitative estimate of drug-likeness (QED) is 0.277. The minimum atomic E-state index is -3.72. The van der Waals surface area contributed by atoms with E-state index in [2.05, 4.69) is 24.5 Å². The van der Waals surface area contributed by atoms with Crippen LogP contribution < -0.4 is 19.7 Å². The molecule has 0 spiro atoms. The highest BCUT2D eigenvalue weighted by molar-refractivity contribution is 7.80. The second-order valence-corrected chi connectivity index (χ2v) is 9.93. The molecule has 0 aliphatic rings. The Bertz CT molecular complexity index is 956. The van der Waals surface area contributed by atoms with Crippen LogP contribution in [0.3, 0.4) is 0 Å². The van der Waals surface area contributed by atoms with Crippen LogP contribution in [0.4, 0.5) is 5.69 Å². The van der Waals surface area contributed by atoms with E-state index in [-0.39, 0.29) is 5.92 Å². The Morgan fingerprint density at radius 3 is 1.74 bits per heavy atom. The van der Waals surface area contributed by atoms with Gasteiger partial charge in [-0.2, -0.15) is 0 Å². The fraction of sp³-hybridized carbons (Fsp3) is 0.208. The molecule has 0 aliphatic heterocycles. The summed E-state index contributed by atoms with van der Waals surface area (Å²) in [4.78, 5) is 0. The van der Waals surface area contributed by atoms with Gasteiger partial charge in [0.1, 0.15) is 11.5 Å². The van der Waals surface area contributed by atoms with Gasteiger partial charge in [0.25, 0.3) is 0 Å². The standard InChI is InChI=1S/C24H27N2O3PS/c1-19(2)18-23(26-24(31)25-20-12-6-3-7-13-20)30(27,28-21-14-8-4-9-15-21)29-22-16-10-5-11-17-22/h3-17,19,23H,18H2,1-2H3,(H2,25,26,31). The Balaban J connectivity index is 1.88. The van der Waals surface area contributed by atoms with Crippen LogP contribution in [-0.4, -0.2) is 10.9 Å². The van der Waals surface area contributed by atoms with Crippen molar-refractivity contribution in [2.24, 2.45) is 5.92 Å². The third-order valence-electron chi connectivity index (χ3n) is 4.36. The van der Waals surface area contributed by atoms with Crippen molar-refractivity contribution < 1.29 is 13.6 Å². The van der Waals surface area contributed by atoms with Gasteiger partial charge in [-0.15, -0.1) is 0 Å². The Labute approximate surface area is 189 Å². The summed E-state index contributed by atoms with van der Waals surface area (Å²) in [5.41, 5.74) is 0.839. The van der Waals surface area contributed by atoms with Crippen LogP contribution in [0.15, 0.2) is 91.0 Å². The molecule has 0 heterocycles. The topological polar surface area (TPSA) is 59.6 Å². The summed E-state index contributed by atoms with van der Waals surface area (Å²) in [6, 6.07) is 27.7. The maximum atomic E-state index is 14.2. The predicted molar refractivity (Wildman–Crippen MR) is 131 cm³/mol. The molecule has 5 nitrogen and oxygen atoms in total. The molecule has 0 aromatic heterocycles. The monoisotopic (exact) mass is 454 g/mol. The number of thiocarbonyl (C=S) groups is 1. The summed E-state index contributed by atoms with van der Waals surface area (Å²) in [5.74, 6) is 0.513. The molecular formula is C24H27N2O3PS. The van der Waals surface area contributed by atoms with Gasteiger partial charge in [-0.05, 0) is 61.0 Å². The van der Waals surface area contributed by atoms with E-state index in [4.69, 9.17) is 21.3 Å². The van der Waals surface area contributed by atoms with Gasteiger partial charge in [-0.25, -0.2) is 4.57 Å². The van der Waals surface area contributed by atoms with E-state index < -0.39 is 13.4 Å². The fourth-order valence-electron chi connectivity index (χ4n) is 2.96. The highest BCUT2D eigenvalue weighted by Crippen LogP contribution is 2.53. The number of rotatable bonds is 9. The average molecular weight is 455 g/mol. The van der Waals surface area contributed by atoms with Crippen LogP contribution in [0.5, 0.6) is 11.5 Å². The van der Waals surface area contributed by atoms with Gasteiger partial charge in [0, 0.05) is 5.69 Å². The molecule has 0 bridgehead atoms. The molecule has 0 fully saturated rings. The number of anilines is 1. The number of nitrogens with one attached hydrogen (secondary N) is 2. The number of benzene rings is 3. The van der Waals surface area contributed by atoms with Crippen LogP contribution in [-0.2, 0) is 4.57 Å². The van der Waals surface area contributed by atoms with Crippen molar-refractivity contribution in [3.8, 4) is 11.5 Å². The van der Waals surface area contributed by atoms with Gasteiger partial charge < -0.3 is 19.7 Å². The Morgan fingerprint density at radius 2 is 1.29 bits per heavy atom. The zero-order chi connectivity index (χ0) is 22.1. The summed E-state index contributed by atoms with van der Waals surface area (Å²) in [6.07, 6.45) is 0.535. The normalized spacial score (nSPS) is 12.1. The first-order chi connectivity index (χ1) is 14.9. The molecule has 3 aromatic carbocycles. The van der Waals surface area contributed by atoms with Crippen LogP contribution in [0.25, 0.3) is 0 Å². The second-order valence-electron chi connectivity index (χ2n) is 7.46. The molecule has 0 aliphatic carbocycles. The van der Waals surface area contributed by atoms with Gasteiger partial charge in [-0.1, -0.05) is 68.4 Å². The molecule has 3 aromatic rings. The first kappa shape index (κ1) is 22.9. The van der Waals surface area contributed by atoms with Crippen LogP contribution in [0.2, 0.25) is 0 Å². The molecule has 0 amide bonds. The molecule has 2 N–H and O–H groups in total. The van der Waals surface area contributed by atoms with E-state index in [0.717, 1.165) is 5.69 Å². The molecule has 1 unspecified atom stereocenters. The summed E-state index contributed by atoms with van der Waals surface area (Å²) < 4.78 is 26.2. The smallest absolute Gasteiger partial charge is 0.415 e. The first-order valence-corrected chi connectivity index (χ1v) is 12.2. The van der Waals surface area contributed by atoms with E-state index in [1.54, 1.807) is 24.3 Å². The zero-order valence-corrected chi connectivity index (χ0v) is 19.3. The van der Waals surface area contributed by atoms with Crippen LogP contribution >= 0.6 is 19.8 Å². The minimum absolute atomic E-state index is 0.226. The third-order valence-corrected chi connectivity index (χ3v) is 6.61. The highest BCUT2D eigenvalue weighted by atomic mass is 32.1. The zero-order valence-electron chi connectivity index (χ0n) is 17.6. The van der Waals surface area contributed by atoms with Crippen molar-refractivity contribution in [2.75, 3.05) is 5.32 Å². The van der Waals surface area contributed by atoms with Crippen molar-refractivity contribution in [3.63, 3.8) is 0 Å². The summed E-state index contributed by atoms with van der Waals surface area (Å²) in [6.45, 7) is 4.11. The minimum Gasteiger partial charge on any atom is -0.415 e. The summed E-state index contributed by atoms with van der Waals surface area (Å²) >= 11 is 5.51. The summed E-state index contributed by atoms with van der Waals surface area (Å²) in [7, 11) is -3.72.